The first-order valence-corrected chi connectivity index (χ1v) is 9.65. The number of nitrogens with one attached hydrogen (secondary N) is 1. The van der Waals surface area contributed by atoms with Gasteiger partial charge in [0.05, 0.1) is 28.8 Å². The van der Waals surface area contributed by atoms with Gasteiger partial charge < -0.3 is 9.88 Å². The average molecular weight is 401 g/mol. The minimum Gasteiger partial charge on any atom is -0.316 e. The van der Waals surface area contributed by atoms with Gasteiger partial charge in [0.25, 0.3) is 11.5 Å². The summed E-state index contributed by atoms with van der Waals surface area (Å²) in [4.78, 5) is 30.3. The van der Waals surface area contributed by atoms with Gasteiger partial charge in [0.1, 0.15) is 5.69 Å². The second kappa shape index (κ2) is 7.51. The fourth-order valence-electron chi connectivity index (χ4n) is 3.77. The number of carbonyl (C=O) groups excluding carboxylic acids is 1. The van der Waals surface area contributed by atoms with E-state index in [4.69, 9.17) is 0 Å². The van der Waals surface area contributed by atoms with E-state index in [9.17, 15) is 9.59 Å². The van der Waals surface area contributed by atoms with Crippen LogP contribution in [0.25, 0.3) is 11.4 Å². The van der Waals surface area contributed by atoms with Gasteiger partial charge in [-0.05, 0) is 51.1 Å². The van der Waals surface area contributed by atoms with Gasteiger partial charge in [-0.1, -0.05) is 18.2 Å². The number of hydrogen-bond acceptors (Lipinski definition) is 3. The van der Waals surface area contributed by atoms with Crippen LogP contribution in [-0.4, -0.2) is 24.8 Å². The molecule has 0 aliphatic carbocycles. The maximum Gasteiger partial charge on any atom is 0.295 e. The van der Waals surface area contributed by atoms with Crippen LogP contribution in [0.3, 0.4) is 0 Å². The molecule has 0 fully saturated rings. The molecule has 0 aliphatic rings. The smallest absolute Gasteiger partial charge is 0.295 e. The topological polar surface area (TPSA) is 73.8 Å². The first-order chi connectivity index (χ1) is 14.4. The highest BCUT2D eigenvalue weighted by atomic mass is 16.2. The zero-order valence-electron chi connectivity index (χ0n) is 17.4. The number of aromatic nitrogens is 4. The molecule has 4 rings (SSSR count). The van der Waals surface area contributed by atoms with Crippen molar-refractivity contribution < 1.29 is 4.79 Å². The van der Waals surface area contributed by atoms with Crippen LogP contribution < -0.4 is 10.9 Å². The summed E-state index contributed by atoms with van der Waals surface area (Å²) in [5, 5.41) is 2.84. The molecule has 3 heterocycles. The summed E-state index contributed by atoms with van der Waals surface area (Å²) in [5.41, 5.74) is 4.53. The van der Waals surface area contributed by atoms with Crippen LogP contribution in [0.2, 0.25) is 0 Å². The minimum atomic E-state index is -0.316. The van der Waals surface area contributed by atoms with Gasteiger partial charge in [0.2, 0.25) is 0 Å². The Morgan fingerprint density at radius 2 is 1.67 bits per heavy atom. The third-order valence-electron chi connectivity index (χ3n) is 5.37. The monoisotopic (exact) mass is 401 g/mol. The van der Waals surface area contributed by atoms with Crippen molar-refractivity contribution in [1.82, 2.24) is 18.9 Å². The van der Waals surface area contributed by atoms with Crippen molar-refractivity contribution in [3.63, 3.8) is 0 Å². The second-order valence-electron chi connectivity index (χ2n) is 7.22. The van der Waals surface area contributed by atoms with Crippen molar-refractivity contribution in [3.05, 3.63) is 93.9 Å². The Morgan fingerprint density at radius 3 is 2.33 bits per heavy atom. The highest BCUT2D eigenvalue weighted by Gasteiger charge is 2.22. The number of carbonyl (C=O) groups is 1. The summed E-state index contributed by atoms with van der Waals surface area (Å²) in [6.45, 7) is 5.64. The molecule has 0 saturated heterocycles. The third kappa shape index (κ3) is 3.14. The predicted octanol–water partition coefficient (Wildman–Crippen LogP) is 3.54. The molecule has 3 aromatic heterocycles. The number of anilines is 1. The average Bonchev–Trinajstić information content (AvgIpc) is 3.16. The van der Waals surface area contributed by atoms with E-state index in [0.29, 0.717) is 11.3 Å². The molecule has 0 spiro atoms. The van der Waals surface area contributed by atoms with E-state index in [1.165, 1.54) is 0 Å². The lowest BCUT2D eigenvalue weighted by Crippen LogP contribution is -2.23. The molecule has 152 valence electrons. The van der Waals surface area contributed by atoms with Gasteiger partial charge in [-0.15, -0.1) is 0 Å². The van der Waals surface area contributed by atoms with Gasteiger partial charge in [0.15, 0.2) is 0 Å². The highest BCUT2D eigenvalue weighted by Crippen LogP contribution is 2.22. The quantitative estimate of drug-likeness (QED) is 0.568. The lowest BCUT2D eigenvalue weighted by molar-refractivity contribution is 0.102. The summed E-state index contributed by atoms with van der Waals surface area (Å²) < 4.78 is 5.26. The number of hydrogen-bond donors (Lipinski definition) is 1. The maximum atomic E-state index is 13.1. The van der Waals surface area contributed by atoms with Gasteiger partial charge in [-0.3, -0.25) is 19.3 Å². The summed E-state index contributed by atoms with van der Waals surface area (Å²) in [7, 11) is 1.80. The number of nitrogens with zero attached hydrogens (tertiary/aromatic N) is 4. The Kier molecular flexibility index (Phi) is 4.87. The normalized spacial score (nSPS) is 10.9. The van der Waals surface area contributed by atoms with Crippen molar-refractivity contribution in [2.45, 2.75) is 20.8 Å². The number of aryl methyl sites for hydroxylation is 1. The van der Waals surface area contributed by atoms with Crippen LogP contribution in [0.4, 0.5) is 5.69 Å². The molecule has 7 heteroatoms. The fraction of sp³-hybridized carbons (Fsp3) is 0.174. The Morgan fingerprint density at radius 1 is 0.967 bits per heavy atom. The molecule has 0 bridgehead atoms. The standard InChI is InChI=1S/C23H23N5O2/c1-15-13-20(16(2)27(15)19-11-8-12-24-14-19)22(29)25-21-17(3)26(4)28(23(21)30)18-9-6-5-7-10-18/h5-14H,1-4H3,(H,25,29). The van der Waals surface area contributed by atoms with Crippen LogP contribution >= 0.6 is 0 Å². The van der Waals surface area contributed by atoms with Crippen LogP contribution in [0.5, 0.6) is 0 Å². The van der Waals surface area contributed by atoms with Crippen molar-refractivity contribution in [1.29, 1.82) is 0 Å². The van der Waals surface area contributed by atoms with Gasteiger partial charge in [-0.25, -0.2) is 4.68 Å². The number of rotatable bonds is 4. The molecule has 0 radical (unpaired) electrons. The van der Waals surface area contributed by atoms with E-state index in [2.05, 4.69) is 10.3 Å². The largest absolute Gasteiger partial charge is 0.316 e. The maximum absolute atomic E-state index is 13.1. The SMILES string of the molecule is Cc1cc(C(=O)Nc2c(C)n(C)n(-c3ccccc3)c2=O)c(C)n1-c1cccnc1. The van der Waals surface area contributed by atoms with E-state index < -0.39 is 0 Å². The van der Waals surface area contributed by atoms with Gasteiger partial charge in [-0.2, -0.15) is 0 Å². The molecule has 0 atom stereocenters. The lowest BCUT2D eigenvalue weighted by Gasteiger charge is -2.09. The van der Waals surface area contributed by atoms with Crippen LogP contribution in [0, 0.1) is 20.8 Å². The Labute approximate surface area is 174 Å². The van der Waals surface area contributed by atoms with Crippen molar-refractivity contribution >= 4 is 11.6 Å². The first kappa shape index (κ1) is 19.4. The van der Waals surface area contributed by atoms with Crippen molar-refractivity contribution in [3.8, 4) is 11.4 Å². The molecule has 1 N–H and O–H groups in total. The van der Waals surface area contributed by atoms with Gasteiger partial charge >= 0.3 is 0 Å². The Balaban J connectivity index is 1.72. The molecule has 1 amide bonds. The number of para-hydroxylation sites is 1. The molecule has 4 aromatic rings. The summed E-state index contributed by atoms with van der Waals surface area (Å²) in [6.07, 6.45) is 3.46. The second-order valence-corrected chi connectivity index (χ2v) is 7.22. The predicted molar refractivity (Wildman–Crippen MR) is 117 cm³/mol. The van der Waals surface area contributed by atoms with E-state index >= 15 is 0 Å². The van der Waals surface area contributed by atoms with Crippen LogP contribution in [-0.2, 0) is 7.05 Å². The van der Waals surface area contributed by atoms with Crippen LogP contribution in [0.15, 0.2) is 65.7 Å². The minimum absolute atomic E-state index is 0.268. The Bertz CT molecular complexity index is 1280. The number of benzene rings is 1. The Hall–Kier alpha value is -3.87. The molecule has 1 aromatic carbocycles. The summed E-state index contributed by atoms with van der Waals surface area (Å²) in [6, 6.07) is 15.0. The lowest BCUT2D eigenvalue weighted by atomic mass is 10.2. The molecule has 0 unspecified atom stereocenters. The molecular weight excluding hydrogens is 378 g/mol. The molecular formula is C23H23N5O2. The number of amides is 1. The van der Waals surface area contributed by atoms with Crippen LogP contribution in [0.1, 0.15) is 27.4 Å². The zero-order chi connectivity index (χ0) is 21.4. The van der Waals surface area contributed by atoms with Crippen molar-refractivity contribution in [2.75, 3.05) is 5.32 Å². The summed E-state index contributed by atoms with van der Waals surface area (Å²) >= 11 is 0. The zero-order valence-corrected chi connectivity index (χ0v) is 17.4. The van der Waals surface area contributed by atoms with Crippen molar-refractivity contribution in [2.24, 2.45) is 7.05 Å². The third-order valence-corrected chi connectivity index (χ3v) is 5.37. The van der Waals surface area contributed by atoms with E-state index in [1.54, 1.807) is 28.8 Å². The van der Waals surface area contributed by atoms with Gasteiger partial charge in [0, 0.05) is 24.6 Å². The highest BCUT2D eigenvalue weighted by molar-refractivity contribution is 6.05. The van der Waals surface area contributed by atoms with E-state index in [1.807, 2.05) is 73.9 Å². The molecule has 0 aliphatic heterocycles. The first-order valence-electron chi connectivity index (χ1n) is 9.65. The number of pyridine rings is 1. The molecule has 30 heavy (non-hydrogen) atoms. The fourth-order valence-corrected chi connectivity index (χ4v) is 3.77. The molecule has 7 nitrogen and oxygen atoms in total. The van der Waals surface area contributed by atoms with E-state index in [-0.39, 0.29) is 17.2 Å². The summed E-state index contributed by atoms with van der Waals surface area (Å²) in [5.74, 6) is -0.316. The molecule has 0 saturated carbocycles. The van der Waals surface area contributed by atoms with E-state index in [0.717, 1.165) is 22.8 Å².